The zero-order valence-electron chi connectivity index (χ0n) is 17.1. The highest BCUT2D eigenvalue weighted by molar-refractivity contribution is 7.14. The topological polar surface area (TPSA) is 129 Å². The molecule has 3 aromatic heterocycles. The van der Waals surface area contributed by atoms with Crippen LogP contribution in [0.5, 0.6) is 0 Å². The number of nitrogens with one attached hydrogen (secondary N) is 2. The Kier molecular flexibility index (Phi) is 6.45. The van der Waals surface area contributed by atoms with Gasteiger partial charge in [0.15, 0.2) is 10.9 Å². The number of anilines is 1. The molecule has 3 aromatic rings. The van der Waals surface area contributed by atoms with Crippen molar-refractivity contribution < 1.29 is 18.8 Å². The Morgan fingerprint density at radius 2 is 1.91 bits per heavy atom. The van der Waals surface area contributed by atoms with Gasteiger partial charge in [0, 0.05) is 50.2 Å². The monoisotopic (exact) mass is 455 g/mol. The van der Waals surface area contributed by atoms with Crippen molar-refractivity contribution in [2.24, 2.45) is 0 Å². The SMILES string of the molecule is O=C(Nc1nc(CCC(=O)N2CCN(C(=O)c3ccco3)CC2)cs1)c1ccc(=O)[nH]c1. The summed E-state index contributed by atoms with van der Waals surface area (Å²) in [6, 6.07) is 6.01. The molecule has 0 atom stereocenters. The van der Waals surface area contributed by atoms with E-state index < -0.39 is 0 Å². The number of piperazine rings is 1. The van der Waals surface area contributed by atoms with Gasteiger partial charge in [0.1, 0.15) is 0 Å². The number of aryl methyl sites for hydroxylation is 1. The number of rotatable bonds is 6. The van der Waals surface area contributed by atoms with E-state index in [0.717, 1.165) is 0 Å². The fraction of sp³-hybridized carbons (Fsp3) is 0.286. The van der Waals surface area contributed by atoms with E-state index in [1.165, 1.54) is 35.9 Å². The van der Waals surface area contributed by atoms with Crippen LogP contribution in [0.4, 0.5) is 5.13 Å². The summed E-state index contributed by atoms with van der Waals surface area (Å²) in [4.78, 5) is 58.4. The largest absolute Gasteiger partial charge is 0.459 e. The van der Waals surface area contributed by atoms with Gasteiger partial charge >= 0.3 is 0 Å². The van der Waals surface area contributed by atoms with Crippen molar-refractivity contribution >= 4 is 34.2 Å². The maximum absolute atomic E-state index is 12.6. The molecule has 2 N–H and O–H groups in total. The molecule has 0 unspecified atom stereocenters. The molecule has 0 saturated carbocycles. The van der Waals surface area contributed by atoms with Crippen LogP contribution in [0, 0.1) is 0 Å². The number of hydrogen-bond acceptors (Lipinski definition) is 7. The van der Waals surface area contributed by atoms with Gasteiger partial charge in [-0.05, 0) is 24.6 Å². The summed E-state index contributed by atoms with van der Waals surface area (Å²) in [5.74, 6) is -0.236. The molecule has 10 nitrogen and oxygen atoms in total. The first-order valence-corrected chi connectivity index (χ1v) is 10.9. The third-order valence-electron chi connectivity index (χ3n) is 5.07. The first-order valence-electron chi connectivity index (χ1n) is 10.0. The number of H-pyrrole nitrogens is 1. The molecule has 0 aliphatic carbocycles. The van der Waals surface area contributed by atoms with Crippen LogP contribution in [0.2, 0.25) is 0 Å². The highest BCUT2D eigenvalue weighted by Gasteiger charge is 2.26. The zero-order chi connectivity index (χ0) is 22.5. The summed E-state index contributed by atoms with van der Waals surface area (Å²) < 4.78 is 5.15. The van der Waals surface area contributed by atoms with Gasteiger partial charge in [0.25, 0.3) is 11.8 Å². The Morgan fingerprint density at radius 1 is 1.12 bits per heavy atom. The molecule has 0 bridgehead atoms. The molecular weight excluding hydrogens is 434 g/mol. The van der Waals surface area contributed by atoms with Crippen molar-refractivity contribution in [3.8, 4) is 0 Å². The normalized spacial score (nSPS) is 13.8. The van der Waals surface area contributed by atoms with E-state index in [-0.39, 0.29) is 23.3 Å². The lowest BCUT2D eigenvalue weighted by molar-refractivity contribution is -0.132. The van der Waals surface area contributed by atoms with Gasteiger partial charge < -0.3 is 19.2 Å². The van der Waals surface area contributed by atoms with E-state index in [2.05, 4.69) is 15.3 Å². The van der Waals surface area contributed by atoms with Gasteiger partial charge in [-0.3, -0.25) is 24.5 Å². The number of carbonyl (C=O) groups is 3. The minimum absolute atomic E-state index is 0.00178. The molecule has 4 heterocycles. The highest BCUT2D eigenvalue weighted by Crippen LogP contribution is 2.18. The van der Waals surface area contributed by atoms with Gasteiger partial charge in [-0.15, -0.1) is 11.3 Å². The number of nitrogens with zero attached hydrogens (tertiary/aromatic N) is 3. The molecule has 1 saturated heterocycles. The predicted molar refractivity (Wildman–Crippen MR) is 117 cm³/mol. The summed E-state index contributed by atoms with van der Waals surface area (Å²) in [5, 5.41) is 4.91. The maximum Gasteiger partial charge on any atom is 0.289 e. The van der Waals surface area contributed by atoms with Crippen molar-refractivity contribution in [3.05, 3.63) is 69.5 Å². The molecule has 166 valence electrons. The lowest BCUT2D eigenvalue weighted by atomic mass is 10.2. The minimum atomic E-state index is -0.375. The fourth-order valence-electron chi connectivity index (χ4n) is 3.31. The number of hydrogen-bond donors (Lipinski definition) is 2. The Bertz CT molecular complexity index is 1140. The van der Waals surface area contributed by atoms with Crippen molar-refractivity contribution in [1.29, 1.82) is 0 Å². The number of pyridine rings is 1. The molecule has 1 aliphatic rings. The standard InChI is InChI=1S/C21H21N5O5S/c27-17-5-3-14(12-22-17)19(29)24-21-23-15(13-32-21)4-6-18(28)25-7-9-26(10-8-25)20(30)16-2-1-11-31-16/h1-3,5,11-13H,4,6-10H2,(H,22,27)(H,23,24,29). The van der Waals surface area contributed by atoms with E-state index in [1.54, 1.807) is 27.3 Å². The second-order valence-electron chi connectivity index (χ2n) is 7.19. The number of aromatic nitrogens is 2. The summed E-state index contributed by atoms with van der Waals surface area (Å²) in [6.07, 6.45) is 3.55. The molecule has 0 aromatic carbocycles. The zero-order valence-corrected chi connectivity index (χ0v) is 17.9. The Morgan fingerprint density at radius 3 is 2.59 bits per heavy atom. The quantitative estimate of drug-likeness (QED) is 0.581. The van der Waals surface area contributed by atoms with Crippen LogP contribution in [-0.2, 0) is 11.2 Å². The second kappa shape index (κ2) is 9.60. The van der Waals surface area contributed by atoms with Crippen LogP contribution in [0.25, 0.3) is 0 Å². The van der Waals surface area contributed by atoms with Gasteiger partial charge in [-0.2, -0.15) is 0 Å². The minimum Gasteiger partial charge on any atom is -0.459 e. The first kappa shape index (κ1) is 21.5. The van der Waals surface area contributed by atoms with E-state index in [1.807, 2.05) is 0 Å². The number of carbonyl (C=O) groups excluding carboxylic acids is 3. The third-order valence-corrected chi connectivity index (χ3v) is 5.87. The Labute approximate surface area is 186 Å². The maximum atomic E-state index is 12.6. The van der Waals surface area contributed by atoms with E-state index in [9.17, 15) is 19.2 Å². The van der Waals surface area contributed by atoms with Crippen LogP contribution in [0.3, 0.4) is 0 Å². The molecule has 4 rings (SSSR count). The van der Waals surface area contributed by atoms with Crippen LogP contribution < -0.4 is 10.9 Å². The van der Waals surface area contributed by atoms with Crippen molar-refractivity contribution in [2.75, 3.05) is 31.5 Å². The Hall–Kier alpha value is -3.73. The van der Waals surface area contributed by atoms with Crippen LogP contribution >= 0.6 is 11.3 Å². The van der Waals surface area contributed by atoms with Gasteiger partial charge in [0.2, 0.25) is 11.5 Å². The third kappa shape index (κ3) is 5.11. The summed E-state index contributed by atoms with van der Waals surface area (Å²) in [5.41, 5.74) is 0.751. The lowest BCUT2D eigenvalue weighted by Gasteiger charge is -2.34. The summed E-state index contributed by atoms with van der Waals surface area (Å²) in [7, 11) is 0. The predicted octanol–water partition coefficient (Wildman–Crippen LogP) is 1.59. The van der Waals surface area contributed by atoms with E-state index in [4.69, 9.17) is 4.42 Å². The number of furan rings is 1. The smallest absolute Gasteiger partial charge is 0.289 e. The van der Waals surface area contributed by atoms with Crippen LogP contribution in [-0.4, -0.2) is 63.7 Å². The summed E-state index contributed by atoms with van der Waals surface area (Å²) >= 11 is 1.27. The lowest BCUT2D eigenvalue weighted by Crippen LogP contribution is -2.50. The van der Waals surface area contributed by atoms with Crippen molar-refractivity contribution in [2.45, 2.75) is 12.8 Å². The summed E-state index contributed by atoms with van der Waals surface area (Å²) in [6.45, 7) is 1.87. The molecule has 0 spiro atoms. The number of amides is 3. The van der Waals surface area contributed by atoms with Crippen molar-refractivity contribution in [3.63, 3.8) is 0 Å². The average Bonchev–Trinajstić information content (AvgIpc) is 3.50. The van der Waals surface area contributed by atoms with E-state index in [0.29, 0.717) is 61.2 Å². The first-order chi connectivity index (χ1) is 15.5. The molecule has 0 radical (unpaired) electrons. The second-order valence-corrected chi connectivity index (χ2v) is 8.05. The molecule has 1 fully saturated rings. The fourth-order valence-corrected chi connectivity index (χ4v) is 4.05. The Balaban J connectivity index is 1.23. The molecule has 1 aliphatic heterocycles. The molecule has 32 heavy (non-hydrogen) atoms. The molecular formula is C21H21N5O5S. The van der Waals surface area contributed by atoms with Crippen LogP contribution in [0.1, 0.15) is 33.0 Å². The van der Waals surface area contributed by atoms with Crippen LogP contribution in [0.15, 0.2) is 51.3 Å². The van der Waals surface area contributed by atoms with Gasteiger partial charge in [-0.1, -0.05) is 0 Å². The average molecular weight is 455 g/mol. The van der Waals surface area contributed by atoms with Gasteiger partial charge in [-0.25, -0.2) is 4.98 Å². The number of aromatic amines is 1. The van der Waals surface area contributed by atoms with Crippen molar-refractivity contribution in [1.82, 2.24) is 19.8 Å². The van der Waals surface area contributed by atoms with Gasteiger partial charge in [0.05, 0.1) is 17.5 Å². The molecule has 3 amide bonds. The highest BCUT2D eigenvalue weighted by atomic mass is 32.1. The number of thiazole rings is 1. The molecule has 11 heteroatoms. The van der Waals surface area contributed by atoms with E-state index >= 15 is 0 Å².